The van der Waals surface area contributed by atoms with E-state index in [4.69, 9.17) is 0 Å². The zero-order valence-electron chi connectivity index (χ0n) is 9.82. The number of benzene rings is 1. The van der Waals surface area contributed by atoms with Crippen LogP contribution in [0.2, 0.25) is 0 Å². The molecule has 0 saturated heterocycles. The Labute approximate surface area is 109 Å². The minimum absolute atomic E-state index is 0.751. The van der Waals surface area contributed by atoms with Crippen LogP contribution in [0.15, 0.2) is 30.3 Å². The van der Waals surface area contributed by atoms with Gasteiger partial charge in [0.1, 0.15) is 5.97 Å². The lowest BCUT2D eigenvalue weighted by Gasteiger charge is -2.39. The molecule has 1 aromatic rings. The molecule has 0 fully saturated rings. The SMILES string of the molecule is [NH3+][C@H](C(=O)[O-])[C@](O)(c1ccccc1)C(F)(F)C(F)(F)F. The number of halogens is 5. The summed E-state index contributed by atoms with van der Waals surface area (Å²) in [7, 11) is 0. The number of aliphatic carboxylic acids is 1. The maximum absolute atomic E-state index is 13.6. The van der Waals surface area contributed by atoms with E-state index < -0.39 is 35.3 Å². The number of hydrogen-bond donors (Lipinski definition) is 2. The van der Waals surface area contributed by atoms with E-state index in [0.29, 0.717) is 0 Å². The van der Waals surface area contributed by atoms with Crippen LogP contribution < -0.4 is 10.8 Å². The molecule has 4 N–H and O–H groups in total. The molecule has 112 valence electrons. The molecule has 0 unspecified atom stereocenters. The number of carbonyl (C=O) groups excluding carboxylic acids is 1. The highest BCUT2D eigenvalue weighted by molar-refractivity contribution is 5.72. The molecule has 2 atom stereocenters. The van der Waals surface area contributed by atoms with Crippen molar-refractivity contribution >= 4 is 5.97 Å². The number of rotatable bonds is 4. The Hall–Kier alpha value is -1.74. The first kappa shape index (κ1) is 16.3. The highest BCUT2D eigenvalue weighted by atomic mass is 19.4. The molecular formula is C11H10F5NO3. The van der Waals surface area contributed by atoms with Crippen molar-refractivity contribution in [2.24, 2.45) is 0 Å². The summed E-state index contributed by atoms with van der Waals surface area (Å²) in [6.07, 6.45) is -6.16. The van der Waals surface area contributed by atoms with Gasteiger partial charge in [0.05, 0.1) is 0 Å². The van der Waals surface area contributed by atoms with Crippen molar-refractivity contribution in [2.45, 2.75) is 23.7 Å². The predicted octanol–water partition coefficient (Wildman–Crippen LogP) is -0.568. The molecule has 0 bridgehead atoms. The Balaban J connectivity index is 3.56. The van der Waals surface area contributed by atoms with Crippen LogP contribution in [-0.2, 0) is 10.4 Å². The van der Waals surface area contributed by atoms with Crippen LogP contribution in [-0.4, -0.2) is 29.2 Å². The second-order valence-electron chi connectivity index (χ2n) is 4.08. The van der Waals surface area contributed by atoms with E-state index in [0.717, 1.165) is 24.3 Å². The van der Waals surface area contributed by atoms with Crippen molar-refractivity contribution in [2.75, 3.05) is 0 Å². The van der Waals surface area contributed by atoms with E-state index in [1.165, 1.54) is 6.07 Å². The fourth-order valence-electron chi connectivity index (χ4n) is 1.68. The van der Waals surface area contributed by atoms with Gasteiger partial charge in [0.2, 0.25) is 5.60 Å². The van der Waals surface area contributed by atoms with Gasteiger partial charge in [-0.3, -0.25) is 0 Å². The van der Waals surface area contributed by atoms with Crippen molar-refractivity contribution in [3.05, 3.63) is 35.9 Å². The van der Waals surface area contributed by atoms with Gasteiger partial charge in [0.15, 0.2) is 6.04 Å². The smallest absolute Gasteiger partial charge is 0.457 e. The van der Waals surface area contributed by atoms with Crippen LogP contribution in [0.5, 0.6) is 0 Å². The Kier molecular flexibility index (Phi) is 4.07. The number of carbonyl (C=O) groups is 1. The molecule has 0 spiro atoms. The van der Waals surface area contributed by atoms with Crippen LogP contribution in [0.25, 0.3) is 0 Å². The van der Waals surface area contributed by atoms with Crippen molar-refractivity contribution < 1.29 is 42.7 Å². The Morgan fingerprint density at radius 3 is 1.95 bits per heavy atom. The normalized spacial score (nSPS) is 17.4. The van der Waals surface area contributed by atoms with E-state index in [2.05, 4.69) is 5.73 Å². The van der Waals surface area contributed by atoms with Gasteiger partial charge in [-0.05, 0) is 5.56 Å². The quantitative estimate of drug-likeness (QED) is 0.730. The van der Waals surface area contributed by atoms with E-state index in [9.17, 15) is 37.0 Å². The zero-order chi connectivity index (χ0) is 15.8. The summed E-state index contributed by atoms with van der Waals surface area (Å²) >= 11 is 0. The van der Waals surface area contributed by atoms with Crippen molar-refractivity contribution in [1.29, 1.82) is 0 Å². The molecule has 0 aliphatic carbocycles. The number of hydrogen-bond acceptors (Lipinski definition) is 3. The first-order valence-electron chi connectivity index (χ1n) is 5.22. The monoisotopic (exact) mass is 299 g/mol. The van der Waals surface area contributed by atoms with Crippen LogP contribution in [0, 0.1) is 0 Å². The third-order valence-corrected chi connectivity index (χ3v) is 2.84. The Morgan fingerprint density at radius 2 is 1.60 bits per heavy atom. The average molecular weight is 299 g/mol. The topological polar surface area (TPSA) is 88.0 Å². The minimum atomic E-state index is -6.16. The summed E-state index contributed by atoms with van der Waals surface area (Å²) in [6, 6.07) is 2.22. The number of quaternary nitrogens is 1. The lowest BCUT2D eigenvalue weighted by atomic mass is 9.80. The van der Waals surface area contributed by atoms with Crippen molar-refractivity contribution in [1.82, 2.24) is 0 Å². The van der Waals surface area contributed by atoms with Gasteiger partial charge in [-0.25, -0.2) is 0 Å². The van der Waals surface area contributed by atoms with Gasteiger partial charge < -0.3 is 20.7 Å². The highest BCUT2D eigenvalue weighted by Crippen LogP contribution is 2.49. The number of aliphatic hydroxyl groups is 1. The van der Waals surface area contributed by atoms with Gasteiger partial charge in [-0.2, -0.15) is 22.0 Å². The lowest BCUT2D eigenvalue weighted by Crippen LogP contribution is -2.81. The second-order valence-corrected chi connectivity index (χ2v) is 4.08. The van der Waals surface area contributed by atoms with Crippen LogP contribution in [0.1, 0.15) is 5.56 Å². The zero-order valence-corrected chi connectivity index (χ0v) is 9.82. The van der Waals surface area contributed by atoms with Gasteiger partial charge in [0.25, 0.3) is 0 Å². The van der Waals surface area contributed by atoms with Gasteiger partial charge in [0, 0.05) is 0 Å². The predicted molar refractivity (Wildman–Crippen MR) is 53.0 cm³/mol. The standard InChI is InChI=1S/C11H10F5NO3/c12-10(13,11(14,15)16)9(20,7(17)8(18)19)6-4-2-1-3-5-6/h1-5,7,20H,17H2,(H,18,19)/t7-,9-/m1/s1. The number of alkyl halides is 5. The molecule has 20 heavy (non-hydrogen) atoms. The maximum atomic E-state index is 13.6. The summed E-state index contributed by atoms with van der Waals surface area (Å²) in [5.41, 5.74) is -2.33. The Morgan fingerprint density at radius 1 is 1.15 bits per heavy atom. The van der Waals surface area contributed by atoms with Gasteiger partial charge >= 0.3 is 12.1 Å². The minimum Gasteiger partial charge on any atom is -0.544 e. The van der Waals surface area contributed by atoms with E-state index in [1.807, 2.05) is 0 Å². The van der Waals surface area contributed by atoms with Gasteiger partial charge in [-0.15, -0.1) is 0 Å². The molecule has 0 heterocycles. The summed E-state index contributed by atoms with van der Waals surface area (Å²) in [4.78, 5) is 10.7. The molecule has 1 rings (SSSR count). The molecular weight excluding hydrogens is 289 g/mol. The Bertz CT molecular complexity index is 491. The molecule has 0 saturated carbocycles. The largest absolute Gasteiger partial charge is 0.544 e. The average Bonchev–Trinajstić information content (AvgIpc) is 2.36. The van der Waals surface area contributed by atoms with Gasteiger partial charge in [-0.1, -0.05) is 30.3 Å². The van der Waals surface area contributed by atoms with E-state index >= 15 is 0 Å². The maximum Gasteiger partial charge on any atom is 0.457 e. The van der Waals surface area contributed by atoms with Crippen molar-refractivity contribution in [3.63, 3.8) is 0 Å². The summed E-state index contributed by atoms with van der Waals surface area (Å²) < 4.78 is 64.6. The first-order chi connectivity index (χ1) is 8.96. The van der Waals surface area contributed by atoms with Crippen molar-refractivity contribution in [3.8, 4) is 0 Å². The molecule has 0 radical (unpaired) electrons. The van der Waals surface area contributed by atoms with Crippen LogP contribution >= 0.6 is 0 Å². The molecule has 0 aromatic heterocycles. The third kappa shape index (κ3) is 2.34. The highest BCUT2D eigenvalue weighted by Gasteiger charge is 2.74. The number of carboxylic acid groups (broad SMARTS) is 1. The number of carboxylic acids is 1. The molecule has 4 nitrogen and oxygen atoms in total. The molecule has 0 aliphatic heterocycles. The van der Waals surface area contributed by atoms with Crippen LogP contribution in [0.4, 0.5) is 22.0 Å². The first-order valence-corrected chi connectivity index (χ1v) is 5.22. The van der Waals surface area contributed by atoms with E-state index in [1.54, 1.807) is 0 Å². The molecule has 9 heteroatoms. The lowest BCUT2D eigenvalue weighted by molar-refractivity contribution is -0.496. The summed E-state index contributed by atoms with van der Waals surface area (Å²) in [6.45, 7) is 0. The molecule has 0 aliphatic rings. The molecule has 1 aromatic carbocycles. The fraction of sp³-hybridized carbons (Fsp3) is 0.364. The summed E-state index contributed by atoms with van der Waals surface area (Å²) in [5.74, 6) is -8.06. The fourth-order valence-corrected chi connectivity index (χ4v) is 1.68. The second kappa shape index (κ2) is 4.98. The van der Waals surface area contributed by atoms with Crippen LogP contribution in [0.3, 0.4) is 0 Å². The molecule has 0 amide bonds. The van der Waals surface area contributed by atoms with E-state index in [-0.39, 0.29) is 0 Å². The third-order valence-electron chi connectivity index (χ3n) is 2.84. The summed E-state index contributed by atoms with van der Waals surface area (Å²) in [5, 5.41) is 20.5.